The van der Waals surface area contributed by atoms with Gasteiger partial charge in [0.1, 0.15) is 5.82 Å². The lowest BCUT2D eigenvalue weighted by atomic mass is 10.2. The van der Waals surface area contributed by atoms with Gasteiger partial charge < -0.3 is 0 Å². The highest BCUT2D eigenvalue weighted by atomic mass is 79.9. The summed E-state index contributed by atoms with van der Waals surface area (Å²) >= 11 is 4.60. The Balaban J connectivity index is 3.14. The average molecular weight is 260 g/mol. The molecule has 0 saturated heterocycles. The smallest absolute Gasteiger partial charge is 0.138 e. The molecule has 0 saturated carbocycles. The van der Waals surface area contributed by atoms with Crippen molar-refractivity contribution >= 4 is 27.7 Å². The van der Waals surface area contributed by atoms with Crippen LogP contribution < -0.4 is 0 Å². The molecule has 0 aromatic heterocycles. The molecule has 1 aromatic carbocycles. The molecule has 0 fully saturated rings. The lowest BCUT2D eigenvalue weighted by Crippen LogP contribution is -1.88. The minimum absolute atomic E-state index is 0.240. The number of nitriles is 1. The Kier molecular flexibility index (Phi) is 3.76. The lowest BCUT2D eigenvalue weighted by Gasteiger charge is -2.04. The molecule has 4 heteroatoms. The summed E-state index contributed by atoms with van der Waals surface area (Å²) in [6, 6.07) is 5.16. The van der Waals surface area contributed by atoms with Crippen LogP contribution in [0.15, 0.2) is 21.5 Å². The molecule has 0 unspecified atom stereocenters. The molecule has 0 N–H and O–H groups in total. The third kappa shape index (κ3) is 2.45. The van der Waals surface area contributed by atoms with Crippen LogP contribution in [0.1, 0.15) is 5.56 Å². The zero-order valence-electron chi connectivity index (χ0n) is 6.97. The van der Waals surface area contributed by atoms with Crippen molar-refractivity contribution in [3.63, 3.8) is 0 Å². The highest BCUT2D eigenvalue weighted by Gasteiger charge is 2.07. The fraction of sp³-hybridized carbons (Fsp3) is 0.222. The predicted octanol–water partition coefficient (Wildman–Crippen LogP) is 3.38. The molecule has 0 aliphatic rings. The lowest BCUT2D eigenvalue weighted by molar-refractivity contribution is 0.598. The molecule has 0 atom stereocenters. The standard InChI is InChI=1S/C9H7BrFNS/c1-13-9-7(10)4-6(2-3-12)5-8(9)11/h4-5H,2H2,1H3. The van der Waals surface area contributed by atoms with Gasteiger partial charge in [0.05, 0.1) is 17.4 Å². The number of halogens is 2. The third-order valence-corrected chi connectivity index (χ3v) is 3.26. The van der Waals surface area contributed by atoms with E-state index in [1.165, 1.54) is 17.8 Å². The molecule has 13 heavy (non-hydrogen) atoms. The Hall–Kier alpha value is -0.530. The van der Waals surface area contributed by atoms with Gasteiger partial charge in [-0.1, -0.05) is 0 Å². The summed E-state index contributed by atoms with van der Waals surface area (Å²) in [5.74, 6) is -0.271. The van der Waals surface area contributed by atoms with Gasteiger partial charge in [-0.2, -0.15) is 5.26 Å². The maximum Gasteiger partial charge on any atom is 0.138 e. The van der Waals surface area contributed by atoms with Crippen LogP contribution in [-0.4, -0.2) is 6.26 Å². The maximum atomic E-state index is 13.3. The minimum Gasteiger partial charge on any atom is -0.206 e. The molecule has 0 aliphatic carbocycles. The number of nitrogens with zero attached hydrogens (tertiary/aromatic N) is 1. The predicted molar refractivity (Wildman–Crippen MR) is 55.2 cm³/mol. The van der Waals surface area contributed by atoms with Gasteiger partial charge >= 0.3 is 0 Å². The van der Waals surface area contributed by atoms with Crippen LogP contribution in [0.2, 0.25) is 0 Å². The molecule has 0 radical (unpaired) electrons. The van der Waals surface area contributed by atoms with Crippen molar-refractivity contribution in [3.8, 4) is 6.07 Å². The van der Waals surface area contributed by atoms with E-state index in [2.05, 4.69) is 15.9 Å². The largest absolute Gasteiger partial charge is 0.206 e. The van der Waals surface area contributed by atoms with Crippen molar-refractivity contribution in [3.05, 3.63) is 28.0 Å². The summed E-state index contributed by atoms with van der Waals surface area (Å²) in [4.78, 5) is 0.585. The van der Waals surface area contributed by atoms with Gasteiger partial charge in [0, 0.05) is 4.47 Å². The second-order valence-corrected chi connectivity index (χ2v) is 4.10. The van der Waals surface area contributed by atoms with E-state index < -0.39 is 0 Å². The first-order valence-corrected chi connectivity index (χ1v) is 5.59. The van der Waals surface area contributed by atoms with Gasteiger partial charge in [-0.25, -0.2) is 4.39 Å². The second kappa shape index (κ2) is 4.64. The van der Waals surface area contributed by atoms with Gasteiger partial charge in [0.15, 0.2) is 0 Å². The Morgan fingerprint density at radius 3 is 2.77 bits per heavy atom. The fourth-order valence-electron chi connectivity index (χ4n) is 1.00. The summed E-state index contributed by atoms with van der Waals surface area (Å²) in [5, 5.41) is 8.44. The minimum atomic E-state index is -0.271. The quantitative estimate of drug-likeness (QED) is 0.761. The van der Waals surface area contributed by atoms with Crippen molar-refractivity contribution in [2.24, 2.45) is 0 Å². The van der Waals surface area contributed by atoms with E-state index in [9.17, 15) is 4.39 Å². The van der Waals surface area contributed by atoms with Crippen LogP contribution >= 0.6 is 27.7 Å². The van der Waals surface area contributed by atoms with Gasteiger partial charge in [0.2, 0.25) is 0 Å². The van der Waals surface area contributed by atoms with E-state index in [0.29, 0.717) is 14.9 Å². The zero-order chi connectivity index (χ0) is 9.84. The Morgan fingerprint density at radius 2 is 2.31 bits per heavy atom. The number of hydrogen-bond acceptors (Lipinski definition) is 2. The topological polar surface area (TPSA) is 23.8 Å². The summed E-state index contributed by atoms with van der Waals surface area (Å²) < 4.78 is 14.0. The first-order chi connectivity index (χ1) is 6.19. The zero-order valence-corrected chi connectivity index (χ0v) is 9.38. The highest BCUT2D eigenvalue weighted by Crippen LogP contribution is 2.29. The molecule has 1 nitrogen and oxygen atoms in total. The number of benzene rings is 1. The van der Waals surface area contributed by atoms with E-state index >= 15 is 0 Å². The number of hydrogen-bond donors (Lipinski definition) is 0. The molecular formula is C9H7BrFNS. The van der Waals surface area contributed by atoms with Crippen LogP contribution in [0, 0.1) is 17.1 Å². The second-order valence-electron chi connectivity index (χ2n) is 2.43. The van der Waals surface area contributed by atoms with Crippen molar-refractivity contribution < 1.29 is 4.39 Å². The SMILES string of the molecule is CSc1c(F)cc(CC#N)cc1Br. The monoisotopic (exact) mass is 259 g/mol. The Labute approximate surface area is 89.1 Å². The van der Waals surface area contributed by atoms with Gasteiger partial charge in [-0.3, -0.25) is 0 Å². The van der Waals surface area contributed by atoms with E-state index in [4.69, 9.17) is 5.26 Å². The summed E-state index contributed by atoms with van der Waals surface area (Å²) in [6.45, 7) is 0. The molecule has 0 spiro atoms. The Bertz CT molecular complexity index is 336. The summed E-state index contributed by atoms with van der Waals surface area (Å²) in [6.07, 6.45) is 2.05. The molecule has 0 aliphatic heterocycles. The van der Waals surface area contributed by atoms with E-state index in [0.717, 1.165) is 0 Å². The van der Waals surface area contributed by atoms with Gasteiger partial charge in [0.25, 0.3) is 0 Å². The first-order valence-electron chi connectivity index (χ1n) is 3.58. The highest BCUT2D eigenvalue weighted by molar-refractivity contribution is 9.10. The normalized spacial score (nSPS) is 9.69. The fourth-order valence-corrected chi connectivity index (χ4v) is 2.48. The summed E-state index contributed by atoms with van der Waals surface area (Å²) in [7, 11) is 0. The van der Waals surface area contributed by atoms with Crippen molar-refractivity contribution in [2.45, 2.75) is 11.3 Å². The van der Waals surface area contributed by atoms with E-state index in [-0.39, 0.29) is 12.2 Å². The molecule has 0 bridgehead atoms. The third-order valence-electron chi connectivity index (χ3n) is 1.55. The first kappa shape index (κ1) is 10.6. The maximum absolute atomic E-state index is 13.3. The molecular weight excluding hydrogens is 253 g/mol. The number of rotatable bonds is 2. The van der Waals surface area contributed by atoms with Crippen molar-refractivity contribution in [2.75, 3.05) is 6.26 Å². The van der Waals surface area contributed by atoms with E-state index in [1.54, 1.807) is 6.07 Å². The van der Waals surface area contributed by atoms with Crippen molar-refractivity contribution in [1.29, 1.82) is 5.26 Å². The van der Waals surface area contributed by atoms with Crippen LogP contribution in [0.3, 0.4) is 0 Å². The van der Waals surface area contributed by atoms with Crippen LogP contribution in [-0.2, 0) is 6.42 Å². The number of thioether (sulfide) groups is 1. The van der Waals surface area contributed by atoms with Crippen LogP contribution in [0.25, 0.3) is 0 Å². The molecule has 1 rings (SSSR count). The molecule has 0 amide bonds. The Morgan fingerprint density at radius 1 is 1.62 bits per heavy atom. The molecule has 0 heterocycles. The van der Waals surface area contributed by atoms with Gasteiger partial charge in [-0.15, -0.1) is 11.8 Å². The molecule has 68 valence electrons. The summed E-state index contributed by atoms with van der Waals surface area (Å²) in [5.41, 5.74) is 0.699. The van der Waals surface area contributed by atoms with E-state index in [1.807, 2.05) is 12.3 Å². The van der Waals surface area contributed by atoms with Crippen LogP contribution in [0.5, 0.6) is 0 Å². The van der Waals surface area contributed by atoms with Crippen LogP contribution in [0.4, 0.5) is 4.39 Å². The van der Waals surface area contributed by atoms with Gasteiger partial charge in [-0.05, 0) is 39.9 Å². The molecule has 1 aromatic rings. The van der Waals surface area contributed by atoms with Crippen molar-refractivity contribution in [1.82, 2.24) is 0 Å². The average Bonchev–Trinajstić information content (AvgIpc) is 2.04.